The van der Waals surface area contributed by atoms with Gasteiger partial charge in [-0.2, -0.15) is 0 Å². The van der Waals surface area contributed by atoms with E-state index in [0.717, 1.165) is 17.3 Å². The van der Waals surface area contributed by atoms with Gasteiger partial charge in [0.15, 0.2) is 5.43 Å². The van der Waals surface area contributed by atoms with Gasteiger partial charge in [0.1, 0.15) is 0 Å². The molecule has 0 fully saturated rings. The van der Waals surface area contributed by atoms with Crippen LogP contribution in [0.3, 0.4) is 0 Å². The summed E-state index contributed by atoms with van der Waals surface area (Å²) < 4.78 is 2.03. The van der Waals surface area contributed by atoms with Crippen LogP contribution < -0.4 is 5.43 Å². The first-order chi connectivity index (χ1) is 9.83. The third kappa shape index (κ3) is 3.83. The highest BCUT2D eigenvalue weighted by Gasteiger charge is 1.98. The molecule has 0 aliphatic rings. The number of pyridine rings is 1. The molecule has 0 bridgehead atoms. The third-order valence-corrected chi connectivity index (χ3v) is 3.57. The van der Waals surface area contributed by atoms with Crippen LogP contribution in [0.25, 0.3) is 17.1 Å². The first-order valence-corrected chi connectivity index (χ1v) is 7.59. The molecule has 2 nitrogen and oxygen atoms in total. The molecular formula is C18H23NO. The van der Waals surface area contributed by atoms with E-state index >= 15 is 0 Å². The number of allylic oxidation sites excluding steroid dienone is 1. The smallest absolute Gasteiger partial charge is 0.189 e. The van der Waals surface area contributed by atoms with E-state index in [0.29, 0.717) is 0 Å². The molecule has 2 aromatic rings. The number of para-hydroxylation sites is 1. The number of hydrogen-bond acceptors (Lipinski definition) is 1. The Balaban J connectivity index is 2.00. The van der Waals surface area contributed by atoms with E-state index in [1.165, 1.54) is 32.1 Å². The number of rotatable bonds is 7. The Morgan fingerprint density at radius 3 is 2.70 bits per heavy atom. The summed E-state index contributed by atoms with van der Waals surface area (Å²) in [5.41, 5.74) is 1.06. The molecule has 0 saturated heterocycles. The highest BCUT2D eigenvalue weighted by Crippen LogP contribution is 2.11. The molecule has 0 amide bonds. The van der Waals surface area contributed by atoms with Crippen LogP contribution in [0.15, 0.2) is 47.4 Å². The Morgan fingerprint density at radius 1 is 1.05 bits per heavy atom. The Labute approximate surface area is 120 Å². The van der Waals surface area contributed by atoms with Gasteiger partial charge in [-0.15, -0.1) is 0 Å². The van der Waals surface area contributed by atoms with Gasteiger partial charge < -0.3 is 4.57 Å². The van der Waals surface area contributed by atoms with Crippen LogP contribution >= 0.6 is 0 Å². The number of benzene rings is 1. The van der Waals surface area contributed by atoms with Crippen molar-refractivity contribution in [3.05, 3.63) is 52.8 Å². The van der Waals surface area contributed by atoms with Crippen molar-refractivity contribution in [2.75, 3.05) is 0 Å². The monoisotopic (exact) mass is 269 g/mol. The summed E-state index contributed by atoms with van der Waals surface area (Å²) >= 11 is 0. The van der Waals surface area contributed by atoms with Gasteiger partial charge in [-0.3, -0.25) is 4.79 Å². The molecule has 106 valence electrons. The van der Waals surface area contributed by atoms with Crippen molar-refractivity contribution < 1.29 is 0 Å². The fraction of sp³-hybridized carbons (Fsp3) is 0.389. The lowest BCUT2D eigenvalue weighted by Gasteiger charge is -2.05. The molecule has 0 aliphatic heterocycles. The van der Waals surface area contributed by atoms with E-state index in [1.54, 1.807) is 6.07 Å². The Bertz CT molecular complexity index is 625. The average molecular weight is 269 g/mol. The molecule has 20 heavy (non-hydrogen) atoms. The van der Waals surface area contributed by atoms with Crippen LogP contribution in [0.1, 0.15) is 45.4 Å². The van der Waals surface area contributed by atoms with Crippen LogP contribution in [0.4, 0.5) is 0 Å². The van der Waals surface area contributed by atoms with Crippen molar-refractivity contribution in [1.82, 2.24) is 4.57 Å². The van der Waals surface area contributed by atoms with Crippen molar-refractivity contribution in [3.8, 4) is 0 Å². The van der Waals surface area contributed by atoms with Gasteiger partial charge in [0.05, 0.1) is 5.52 Å². The summed E-state index contributed by atoms with van der Waals surface area (Å²) in [5, 5.41) is 0.780. The molecule has 1 aromatic carbocycles. The Kier molecular flexibility index (Phi) is 5.60. The normalized spacial score (nSPS) is 11.4. The molecule has 0 N–H and O–H groups in total. The summed E-state index contributed by atoms with van der Waals surface area (Å²) in [7, 11) is 0. The Hall–Kier alpha value is -1.83. The molecule has 0 radical (unpaired) electrons. The second kappa shape index (κ2) is 7.68. The minimum Gasteiger partial charge on any atom is -0.323 e. The number of unbranched alkanes of at least 4 members (excludes halogenated alkanes) is 5. The van der Waals surface area contributed by atoms with E-state index in [9.17, 15) is 4.79 Å². The van der Waals surface area contributed by atoms with Crippen molar-refractivity contribution >= 4 is 17.1 Å². The van der Waals surface area contributed by atoms with Gasteiger partial charge in [-0.1, -0.05) is 50.8 Å². The molecule has 0 saturated carbocycles. The lowest BCUT2D eigenvalue weighted by atomic mass is 10.1. The molecule has 1 heterocycles. The zero-order valence-electron chi connectivity index (χ0n) is 12.2. The van der Waals surface area contributed by atoms with Crippen molar-refractivity contribution in [3.63, 3.8) is 0 Å². The van der Waals surface area contributed by atoms with Crippen molar-refractivity contribution in [2.45, 2.75) is 45.4 Å². The molecule has 2 rings (SSSR count). The molecular weight excluding hydrogens is 246 g/mol. The summed E-state index contributed by atoms with van der Waals surface area (Å²) in [6.45, 7) is 2.24. The minimum atomic E-state index is 0.0878. The molecule has 1 aromatic heterocycles. The second-order valence-electron chi connectivity index (χ2n) is 5.19. The summed E-state index contributed by atoms with van der Waals surface area (Å²) in [4.78, 5) is 11.8. The van der Waals surface area contributed by atoms with Crippen LogP contribution in [0.5, 0.6) is 0 Å². The predicted molar refractivity (Wildman–Crippen MR) is 86.9 cm³/mol. The van der Waals surface area contributed by atoms with Crippen LogP contribution in [0, 0.1) is 0 Å². The second-order valence-corrected chi connectivity index (χ2v) is 5.19. The van der Waals surface area contributed by atoms with Gasteiger partial charge in [-0.05, 0) is 25.0 Å². The SMILES string of the molecule is CCCCCCC/C=C/n1ccc(=O)c2ccccc21. The van der Waals surface area contributed by atoms with Crippen molar-refractivity contribution in [2.24, 2.45) is 0 Å². The van der Waals surface area contributed by atoms with E-state index in [2.05, 4.69) is 19.2 Å². The zero-order valence-corrected chi connectivity index (χ0v) is 12.2. The fourth-order valence-electron chi connectivity index (χ4n) is 2.41. The number of aromatic nitrogens is 1. The van der Waals surface area contributed by atoms with E-state index in [-0.39, 0.29) is 5.43 Å². The first-order valence-electron chi connectivity index (χ1n) is 7.59. The maximum absolute atomic E-state index is 11.8. The van der Waals surface area contributed by atoms with E-state index in [4.69, 9.17) is 0 Å². The molecule has 2 heteroatoms. The number of hydrogen-bond donors (Lipinski definition) is 0. The van der Waals surface area contributed by atoms with Crippen LogP contribution in [-0.4, -0.2) is 4.57 Å². The van der Waals surface area contributed by atoms with Gasteiger partial charge >= 0.3 is 0 Å². The topological polar surface area (TPSA) is 22.0 Å². The summed E-state index contributed by atoms with van der Waals surface area (Å²) in [6.07, 6.45) is 13.7. The number of nitrogens with zero attached hydrogens (tertiary/aromatic N) is 1. The van der Waals surface area contributed by atoms with Gasteiger partial charge in [0, 0.05) is 23.8 Å². The van der Waals surface area contributed by atoms with Gasteiger partial charge in [0.25, 0.3) is 0 Å². The molecule has 0 aliphatic carbocycles. The average Bonchev–Trinajstić information content (AvgIpc) is 2.49. The predicted octanol–water partition coefficient (Wildman–Crippen LogP) is 4.83. The van der Waals surface area contributed by atoms with E-state index in [1.807, 2.05) is 35.0 Å². The standard InChI is InChI=1S/C18H23NO/c1-2-3-4-5-6-7-10-14-19-15-13-18(20)16-11-8-9-12-17(16)19/h8-15H,2-7H2,1H3/b14-10+. The molecule has 0 atom stereocenters. The lowest BCUT2D eigenvalue weighted by molar-refractivity contribution is 0.637. The van der Waals surface area contributed by atoms with Gasteiger partial charge in [-0.25, -0.2) is 0 Å². The fourth-order valence-corrected chi connectivity index (χ4v) is 2.41. The summed E-state index contributed by atoms with van der Waals surface area (Å²) in [5.74, 6) is 0. The van der Waals surface area contributed by atoms with Gasteiger partial charge in [0.2, 0.25) is 0 Å². The van der Waals surface area contributed by atoms with Crippen LogP contribution in [-0.2, 0) is 0 Å². The van der Waals surface area contributed by atoms with Crippen molar-refractivity contribution in [1.29, 1.82) is 0 Å². The number of fused-ring (bicyclic) bond motifs is 1. The maximum atomic E-state index is 11.8. The quantitative estimate of drug-likeness (QED) is 0.660. The van der Waals surface area contributed by atoms with E-state index < -0.39 is 0 Å². The molecule has 0 spiro atoms. The highest BCUT2D eigenvalue weighted by atomic mass is 16.1. The molecule has 0 unspecified atom stereocenters. The zero-order chi connectivity index (χ0) is 14.2. The van der Waals surface area contributed by atoms with Crippen LogP contribution in [0.2, 0.25) is 0 Å². The lowest BCUT2D eigenvalue weighted by Crippen LogP contribution is -2.03. The highest BCUT2D eigenvalue weighted by molar-refractivity contribution is 5.80. The maximum Gasteiger partial charge on any atom is 0.189 e. The third-order valence-electron chi connectivity index (χ3n) is 3.57. The first kappa shape index (κ1) is 14.6. The summed E-state index contributed by atoms with van der Waals surface area (Å²) in [6, 6.07) is 9.38. The largest absolute Gasteiger partial charge is 0.323 e. The Morgan fingerprint density at radius 2 is 1.85 bits per heavy atom. The minimum absolute atomic E-state index is 0.0878.